The van der Waals surface area contributed by atoms with Crippen molar-refractivity contribution in [1.82, 2.24) is 0 Å². The molecule has 0 aromatic heterocycles. The molecule has 0 saturated heterocycles. The van der Waals surface area contributed by atoms with Crippen LogP contribution in [0.15, 0.2) is 30.3 Å². The van der Waals surface area contributed by atoms with Crippen molar-refractivity contribution in [1.29, 1.82) is 0 Å². The zero-order chi connectivity index (χ0) is 8.10. The van der Waals surface area contributed by atoms with E-state index in [1.54, 1.807) is 0 Å². The van der Waals surface area contributed by atoms with E-state index in [0.29, 0.717) is 6.54 Å². The normalized spacial score (nSPS) is 10.7. The van der Waals surface area contributed by atoms with Gasteiger partial charge in [0.25, 0.3) is 0 Å². The Bertz CT molecular complexity index is 251. The van der Waals surface area contributed by atoms with Gasteiger partial charge in [-0.05, 0) is 12.5 Å². The number of rotatable bonds is 2. The van der Waals surface area contributed by atoms with Gasteiger partial charge in [0.2, 0.25) is 0 Å². The molecule has 1 aromatic carbocycles. The van der Waals surface area contributed by atoms with E-state index in [9.17, 15) is 0 Å². The van der Waals surface area contributed by atoms with Crippen LogP contribution in [-0.2, 0) is 0 Å². The zero-order valence-electron chi connectivity index (χ0n) is 6.75. The SMILES string of the molecule is Cc1cccc(/C=C/CN)c1. The van der Waals surface area contributed by atoms with Crippen molar-refractivity contribution < 1.29 is 0 Å². The average Bonchev–Trinajstić information content (AvgIpc) is 2.01. The highest BCUT2D eigenvalue weighted by Crippen LogP contribution is 2.04. The summed E-state index contributed by atoms with van der Waals surface area (Å²) >= 11 is 0. The molecule has 0 aliphatic rings. The number of aryl methyl sites for hydroxylation is 1. The van der Waals surface area contributed by atoms with Crippen LogP contribution in [0, 0.1) is 6.92 Å². The molecule has 0 aliphatic carbocycles. The van der Waals surface area contributed by atoms with E-state index in [0.717, 1.165) is 0 Å². The average molecular weight is 147 g/mol. The molecule has 0 unspecified atom stereocenters. The number of hydrogen-bond donors (Lipinski definition) is 1. The predicted molar refractivity (Wildman–Crippen MR) is 49.3 cm³/mol. The van der Waals surface area contributed by atoms with E-state index in [4.69, 9.17) is 5.73 Å². The smallest absolute Gasteiger partial charge is 0.0110 e. The monoisotopic (exact) mass is 147 g/mol. The fourth-order valence-corrected chi connectivity index (χ4v) is 0.978. The van der Waals surface area contributed by atoms with Gasteiger partial charge in [0.05, 0.1) is 0 Å². The largest absolute Gasteiger partial charge is 0.327 e. The first-order valence-electron chi connectivity index (χ1n) is 3.76. The quantitative estimate of drug-likeness (QED) is 0.680. The second kappa shape index (κ2) is 3.94. The van der Waals surface area contributed by atoms with Crippen LogP contribution in [0.3, 0.4) is 0 Å². The van der Waals surface area contributed by atoms with E-state index in [2.05, 4.69) is 25.1 Å². The van der Waals surface area contributed by atoms with Crippen LogP contribution in [-0.4, -0.2) is 6.54 Å². The lowest BCUT2D eigenvalue weighted by Crippen LogP contribution is -1.91. The Morgan fingerprint density at radius 3 is 2.91 bits per heavy atom. The van der Waals surface area contributed by atoms with Crippen LogP contribution in [0.5, 0.6) is 0 Å². The number of benzene rings is 1. The molecule has 0 bridgehead atoms. The standard InChI is InChI=1S/C10H13N/c1-9-4-2-5-10(8-9)6-3-7-11/h2-6,8H,7,11H2,1H3/b6-3+. The van der Waals surface area contributed by atoms with Crippen molar-refractivity contribution in [3.8, 4) is 0 Å². The lowest BCUT2D eigenvalue weighted by Gasteiger charge is -1.93. The summed E-state index contributed by atoms with van der Waals surface area (Å²) < 4.78 is 0. The second-order valence-electron chi connectivity index (χ2n) is 2.55. The first kappa shape index (κ1) is 8.02. The summed E-state index contributed by atoms with van der Waals surface area (Å²) in [6, 6.07) is 8.33. The molecule has 0 saturated carbocycles. The molecule has 1 aromatic rings. The summed E-state index contributed by atoms with van der Waals surface area (Å²) in [5.41, 5.74) is 7.83. The van der Waals surface area contributed by atoms with E-state index in [-0.39, 0.29) is 0 Å². The number of nitrogens with two attached hydrogens (primary N) is 1. The molecule has 0 spiro atoms. The van der Waals surface area contributed by atoms with Crippen LogP contribution >= 0.6 is 0 Å². The molecule has 1 heteroatoms. The van der Waals surface area contributed by atoms with Crippen LogP contribution < -0.4 is 5.73 Å². The summed E-state index contributed by atoms with van der Waals surface area (Å²) in [6.07, 6.45) is 3.99. The van der Waals surface area contributed by atoms with Gasteiger partial charge in [-0.25, -0.2) is 0 Å². The molecule has 0 fully saturated rings. The highest BCUT2D eigenvalue weighted by atomic mass is 14.5. The predicted octanol–water partition coefficient (Wildman–Crippen LogP) is 1.97. The van der Waals surface area contributed by atoms with Crippen molar-refractivity contribution in [2.45, 2.75) is 6.92 Å². The molecule has 1 rings (SSSR count). The Labute approximate surface area is 67.5 Å². The Balaban J connectivity index is 2.79. The van der Waals surface area contributed by atoms with Gasteiger partial charge >= 0.3 is 0 Å². The van der Waals surface area contributed by atoms with E-state index >= 15 is 0 Å². The maximum absolute atomic E-state index is 5.33. The second-order valence-corrected chi connectivity index (χ2v) is 2.55. The van der Waals surface area contributed by atoms with Crippen molar-refractivity contribution in [3.63, 3.8) is 0 Å². The minimum Gasteiger partial charge on any atom is -0.327 e. The van der Waals surface area contributed by atoms with E-state index < -0.39 is 0 Å². The van der Waals surface area contributed by atoms with Crippen LogP contribution in [0.25, 0.3) is 6.08 Å². The molecule has 2 N–H and O–H groups in total. The Kier molecular flexibility index (Phi) is 2.87. The zero-order valence-corrected chi connectivity index (χ0v) is 6.75. The van der Waals surface area contributed by atoms with Crippen LogP contribution in [0.1, 0.15) is 11.1 Å². The first-order chi connectivity index (χ1) is 5.33. The van der Waals surface area contributed by atoms with Gasteiger partial charge in [0.15, 0.2) is 0 Å². The fourth-order valence-electron chi connectivity index (χ4n) is 0.978. The summed E-state index contributed by atoms with van der Waals surface area (Å²) in [5.74, 6) is 0. The molecule has 58 valence electrons. The number of hydrogen-bond acceptors (Lipinski definition) is 1. The Hall–Kier alpha value is -1.08. The molecule has 11 heavy (non-hydrogen) atoms. The van der Waals surface area contributed by atoms with Gasteiger partial charge in [-0.2, -0.15) is 0 Å². The molecule has 0 heterocycles. The minimum atomic E-state index is 0.605. The summed E-state index contributed by atoms with van der Waals surface area (Å²) in [5, 5.41) is 0. The van der Waals surface area contributed by atoms with Gasteiger partial charge in [-0.3, -0.25) is 0 Å². The van der Waals surface area contributed by atoms with Crippen LogP contribution in [0.4, 0.5) is 0 Å². The maximum atomic E-state index is 5.33. The first-order valence-corrected chi connectivity index (χ1v) is 3.76. The van der Waals surface area contributed by atoms with Crippen LogP contribution in [0.2, 0.25) is 0 Å². The van der Waals surface area contributed by atoms with Gasteiger partial charge in [0.1, 0.15) is 0 Å². The Morgan fingerprint density at radius 2 is 2.27 bits per heavy atom. The van der Waals surface area contributed by atoms with E-state index in [1.807, 2.05) is 18.2 Å². The molecular formula is C10H13N. The third-order valence-electron chi connectivity index (χ3n) is 1.49. The summed E-state index contributed by atoms with van der Waals surface area (Å²) in [7, 11) is 0. The maximum Gasteiger partial charge on any atom is 0.0110 e. The highest BCUT2D eigenvalue weighted by Gasteiger charge is 1.85. The van der Waals surface area contributed by atoms with Crippen molar-refractivity contribution >= 4 is 6.08 Å². The van der Waals surface area contributed by atoms with Gasteiger partial charge in [-0.1, -0.05) is 42.0 Å². The summed E-state index contributed by atoms with van der Waals surface area (Å²) in [6.45, 7) is 2.69. The van der Waals surface area contributed by atoms with Gasteiger partial charge in [0, 0.05) is 6.54 Å². The molecule has 0 atom stereocenters. The highest BCUT2D eigenvalue weighted by molar-refractivity contribution is 5.50. The topological polar surface area (TPSA) is 26.0 Å². The lowest BCUT2D eigenvalue weighted by atomic mass is 10.1. The van der Waals surface area contributed by atoms with Gasteiger partial charge < -0.3 is 5.73 Å². The summed E-state index contributed by atoms with van der Waals surface area (Å²) in [4.78, 5) is 0. The molecule has 0 radical (unpaired) electrons. The third kappa shape index (κ3) is 2.56. The molecule has 1 nitrogen and oxygen atoms in total. The molecule has 0 amide bonds. The van der Waals surface area contributed by atoms with Crippen molar-refractivity contribution in [2.24, 2.45) is 5.73 Å². The van der Waals surface area contributed by atoms with Gasteiger partial charge in [-0.15, -0.1) is 0 Å². The lowest BCUT2D eigenvalue weighted by molar-refractivity contribution is 1.26. The minimum absolute atomic E-state index is 0.605. The molecular weight excluding hydrogens is 134 g/mol. The van der Waals surface area contributed by atoms with Crippen molar-refractivity contribution in [3.05, 3.63) is 41.5 Å². The fraction of sp³-hybridized carbons (Fsp3) is 0.200. The van der Waals surface area contributed by atoms with Crippen molar-refractivity contribution in [2.75, 3.05) is 6.54 Å². The Morgan fingerprint density at radius 1 is 1.45 bits per heavy atom. The van der Waals surface area contributed by atoms with E-state index in [1.165, 1.54) is 11.1 Å². The molecule has 0 aliphatic heterocycles. The third-order valence-corrected chi connectivity index (χ3v) is 1.49.